The van der Waals surface area contributed by atoms with E-state index in [1.54, 1.807) is 20.3 Å². The van der Waals surface area contributed by atoms with E-state index in [9.17, 15) is 13.2 Å². The van der Waals surface area contributed by atoms with Crippen LogP contribution in [0, 0.1) is 0 Å². The van der Waals surface area contributed by atoms with Crippen LogP contribution in [0.25, 0.3) is 21.9 Å². The van der Waals surface area contributed by atoms with Crippen molar-refractivity contribution in [2.75, 3.05) is 32.3 Å². The number of rotatable bonds is 7. The van der Waals surface area contributed by atoms with Crippen molar-refractivity contribution >= 4 is 26.5 Å². The average molecular weight is 470 g/mol. The second-order valence-electron chi connectivity index (χ2n) is 7.98. The van der Waals surface area contributed by atoms with Crippen molar-refractivity contribution in [1.82, 2.24) is 5.32 Å². The number of sulfone groups is 1. The predicted molar refractivity (Wildman–Crippen MR) is 128 cm³/mol. The van der Waals surface area contributed by atoms with Crippen LogP contribution < -0.4 is 19.5 Å². The first-order chi connectivity index (χ1) is 15.8. The SMILES string of the molecule is CCOc1ccc(-c2cc(C(=O)NC3CCS(=O)(=O)C3)cc3cc(OC)c(OC)cc23)cc1. The molecule has 0 bridgehead atoms. The number of hydrogen-bond acceptors (Lipinski definition) is 6. The van der Waals surface area contributed by atoms with Crippen LogP contribution in [0.5, 0.6) is 17.2 Å². The van der Waals surface area contributed by atoms with Gasteiger partial charge < -0.3 is 19.5 Å². The van der Waals surface area contributed by atoms with E-state index in [2.05, 4.69) is 5.32 Å². The Morgan fingerprint density at radius 1 is 1.03 bits per heavy atom. The zero-order valence-electron chi connectivity index (χ0n) is 18.9. The lowest BCUT2D eigenvalue weighted by molar-refractivity contribution is 0.0941. The van der Waals surface area contributed by atoms with E-state index in [0.29, 0.717) is 30.1 Å². The fourth-order valence-corrected chi connectivity index (χ4v) is 5.81. The van der Waals surface area contributed by atoms with Gasteiger partial charge in [0.25, 0.3) is 5.91 Å². The summed E-state index contributed by atoms with van der Waals surface area (Å²) in [7, 11) is 0.0530. The van der Waals surface area contributed by atoms with Gasteiger partial charge in [-0.2, -0.15) is 0 Å². The number of benzene rings is 3. The van der Waals surface area contributed by atoms with Crippen LogP contribution in [0.4, 0.5) is 0 Å². The Bertz CT molecular complexity index is 1280. The van der Waals surface area contributed by atoms with Crippen LogP contribution in [0.1, 0.15) is 23.7 Å². The lowest BCUT2D eigenvalue weighted by Crippen LogP contribution is -2.35. The maximum atomic E-state index is 13.1. The highest BCUT2D eigenvalue weighted by Crippen LogP contribution is 2.38. The highest BCUT2D eigenvalue weighted by atomic mass is 32.2. The molecule has 0 radical (unpaired) electrons. The maximum Gasteiger partial charge on any atom is 0.251 e. The zero-order chi connectivity index (χ0) is 23.6. The number of ether oxygens (including phenoxy) is 3. The van der Waals surface area contributed by atoms with Gasteiger partial charge in [0.05, 0.1) is 32.3 Å². The molecule has 4 rings (SSSR count). The Morgan fingerprint density at radius 3 is 2.33 bits per heavy atom. The summed E-state index contributed by atoms with van der Waals surface area (Å²) >= 11 is 0. The zero-order valence-corrected chi connectivity index (χ0v) is 19.7. The number of carbonyl (C=O) groups is 1. The molecule has 1 atom stereocenters. The summed E-state index contributed by atoms with van der Waals surface area (Å²) in [6.07, 6.45) is 0.429. The van der Waals surface area contributed by atoms with Crippen molar-refractivity contribution in [3.8, 4) is 28.4 Å². The normalized spacial score (nSPS) is 17.0. The Morgan fingerprint density at radius 2 is 1.73 bits per heavy atom. The summed E-state index contributed by atoms with van der Waals surface area (Å²) in [6.45, 7) is 2.50. The smallest absolute Gasteiger partial charge is 0.251 e. The largest absolute Gasteiger partial charge is 0.494 e. The fraction of sp³-hybridized carbons (Fsp3) is 0.320. The van der Waals surface area contributed by atoms with Gasteiger partial charge in [0, 0.05) is 11.6 Å². The monoisotopic (exact) mass is 469 g/mol. The molecule has 1 amide bonds. The number of hydrogen-bond donors (Lipinski definition) is 1. The fourth-order valence-electron chi connectivity index (χ4n) is 4.13. The average Bonchev–Trinajstić information content (AvgIpc) is 3.15. The number of methoxy groups -OCH3 is 2. The molecule has 1 saturated heterocycles. The highest BCUT2D eigenvalue weighted by Gasteiger charge is 2.29. The molecular formula is C25H27NO6S. The molecule has 1 aliphatic rings. The highest BCUT2D eigenvalue weighted by molar-refractivity contribution is 7.91. The van der Waals surface area contributed by atoms with Gasteiger partial charge in [-0.25, -0.2) is 8.42 Å². The molecule has 0 saturated carbocycles. The first kappa shape index (κ1) is 22.9. The van der Waals surface area contributed by atoms with Gasteiger partial charge in [0.2, 0.25) is 0 Å². The number of fused-ring (bicyclic) bond motifs is 1. The molecule has 1 N–H and O–H groups in total. The minimum Gasteiger partial charge on any atom is -0.494 e. The molecule has 174 valence electrons. The number of carbonyl (C=O) groups excluding carboxylic acids is 1. The van der Waals surface area contributed by atoms with Gasteiger partial charge in [-0.05, 0) is 71.6 Å². The summed E-state index contributed by atoms with van der Waals surface area (Å²) in [5, 5.41) is 4.59. The van der Waals surface area contributed by atoms with Gasteiger partial charge in [-0.15, -0.1) is 0 Å². The van der Waals surface area contributed by atoms with Gasteiger partial charge >= 0.3 is 0 Å². The van der Waals surface area contributed by atoms with Crippen LogP contribution in [0.2, 0.25) is 0 Å². The van der Waals surface area contributed by atoms with E-state index in [1.807, 2.05) is 49.4 Å². The van der Waals surface area contributed by atoms with E-state index < -0.39 is 9.84 Å². The Hall–Kier alpha value is -3.26. The van der Waals surface area contributed by atoms with E-state index in [1.165, 1.54) is 0 Å². The molecule has 1 unspecified atom stereocenters. The lowest BCUT2D eigenvalue weighted by Gasteiger charge is -2.16. The lowest BCUT2D eigenvalue weighted by atomic mass is 9.94. The minimum absolute atomic E-state index is 0.0247. The molecule has 3 aromatic carbocycles. The molecular weight excluding hydrogens is 442 g/mol. The van der Waals surface area contributed by atoms with Gasteiger partial charge in [-0.1, -0.05) is 12.1 Å². The molecule has 7 nitrogen and oxygen atoms in total. The molecule has 1 fully saturated rings. The first-order valence-electron chi connectivity index (χ1n) is 10.8. The van der Waals surface area contributed by atoms with Gasteiger partial charge in [0.15, 0.2) is 21.3 Å². The molecule has 1 heterocycles. The number of amides is 1. The van der Waals surface area contributed by atoms with Crippen molar-refractivity contribution in [3.63, 3.8) is 0 Å². The second kappa shape index (κ2) is 9.31. The Labute approximate surface area is 193 Å². The van der Waals surface area contributed by atoms with Gasteiger partial charge in [-0.3, -0.25) is 4.79 Å². The first-order valence-corrected chi connectivity index (χ1v) is 12.6. The molecule has 8 heteroatoms. The summed E-state index contributed by atoms with van der Waals surface area (Å²) < 4.78 is 40.1. The van der Waals surface area contributed by atoms with Crippen molar-refractivity contribution in [3.05, 3.63) is 54.1 Å². The molecule has 0 aromatic heterocycles. The third-order valence-electron chi connectivity index (χ3n) is 5.76. The molecule has 0 aliphatic carbocycles. The number of nitrogens with one attached hydrogen (secondary N) is 1. The van der Waals surface area contributed by atoms with Crippen molar-refractivity contribution < 1.29 is 27.4 Å². The van der Waals surface area contributed by atoms with Crippen LogP contribution in [0.3, 0.4) is 0 Å². The van der Waals surface area contributed by atoms with Crippen molar-refractivity contribution in [2.24, 2.45) is 0 Å². The van der Waals surface area contributed by atoms with E-state index >= 15 is 0 Å². The summed E-state index contributed by atoms with van der Waals surface area (Å²) in [4.78, 5) is 13.1. The maximum absolute atomic E-state index is 13.1. The standard InChI is InChI=1S/C25H27NO6S/c1-4-32-20-7-5-16(6-8-20)21-12-18(25(27)26-19-9-10-33(28,29)15-19)11-17-13-23(30-2)24(31-3)14-22(17)21/h5-8,11-14,19H,4,9-10,15H2,1-3H3,(H,26,27). The molecule has 3 aromatic rings. The summed E-state index contributed by atoms with van der Waals surface area (Å²) in [5.41, 5.74) is 2.21. The molecule has 33 heavy (non-hydrogen) atoms. The summed E-state index contributed by atoms with van der Waals surface area (Å²) in [5.74, 6) is 1.68. The third-order valence-corrected chi connectivity index (χ3v) is 7.53. The molecule has 0 spiro atoms. The van der Waals surface area contributed by atoms with E-state index in [-0.39, 0.29) is 23.5 Å². The predicted octanol–water partition coefficient (Wildman–Crippen LogP) is 3.84. The Balaban J connectivity index is 1.80. The van der Waals surface area contributed by atoms with Gasteiger partial charge in [0.1, 0.15) is 5.75 Å². The third kappa shape index (κ3) is 4.90. The topological polar surface area (TPSA) is 90.9 Å². The second-order valence-corrected chi connectivity index (χ2v) is 10.2. The van der Waals surface area contributed by atoms with Crippen LogP contribution >= 0.6 is 0 Å². The Kier molecular flexibility index (Phi) is 6.47. The van der Waals surface area contributed by atoms with Crippen LogP contribution in [-0.4, -0.2) is 52.7 Å². The summed E-state index contributed by atoms with van der Waals surface area (Å²) in [6, 6.07) is 14.6. The van der Waals surface area contributed by atoms with Crippen molar-refractivity contribution in [1.29, 1.82) is 0 Å². The van der Waals surface area contributed by atoms with E-state index in [4.69, 9.17) is 14.2 Å². The molecule has 1 aliphatic heterocycles. The quantitative estimate of drug-likeness (QED) is 0.565. The van der Waals surface area contributed by atoms with Crippen molar-refractivity contribution in [2.45, 2.75) is 19.4 Å². The minimum atomic E-state index is -3.09. The van der Waals surface area contributed by atoms with E-state index in [0.717, 1.165) is 27.6 Å². The van der Waals surface area contributed by atoms with Crippen LogP contribution in [0.15, 0.2) is 48.5 Å². The van der Waals surface area contributed by atoms with Crippen LogP contribution in [-0.2, 0) is 9.84 Å².